The second-order valence-corrected chi connectivity index (χ2v) is 7.82. The molecule has 4 nitrogen and oxygen atoms in total. The molecule has 28 heavy (non-hydrogen) atoms. The van der Waals surface area contributed by atoms with Gasteiger partial charge in [0.05, 0.1) is 11.7 Å². The van der Waals surface area contributed by atoms with Crippen LogP contribution < -0.4 is 5.32 Å². The Labute approximate surface area is 161 Å². The lowest BCUT2D eigenvalue weighted by molar-refractivity contribution is -0.264. The zero-order valence-corrected chi connectivity index (χ0v) is 15.8. The van der Waals surface area contributed by atoms with E-state index in [-0.39, 0.29) is 6.54 Å². The fraction of sp³-hybridized carbons (Fsp3) is 0.381. The zero-order valence-electron chi connectivity index (χ0n) is 15.8. The van der Waals surface area contributed by atoms with Crippen molar-refractivity contribution in [1.29, 1.82) is 0 Å². The lowest BCUT2D eigenvalue weighted by atomic mass is 9.75. The van der Waals surface area contributed by atoms with Crippen molar-refractivity contribution in [1.82, 2.24) is 15.3 Å². The quantitative estimate of drug-likeness (QED) is 0.562. The van der Waals surface area contributed by atoms with Crippen molar-refractivity contribution < 1.29 is 18.3 Å². The molecule has 2 aromatic heterocycles. The molecule has 0 fully saturated rings. The Morgan fingerprint density at radius 3 is 2.46 bits per heavy atom. The van der Waals surface area contributed by atoms with Gasteiger partial charge in [0.1, 0.15) is 0 Å². The highest BCUT2D eigenvalue weighted by Gasteiger charge is 2.55. The summed E-state index contributed by atoms with van der Waals surface area (Å²) < 4.78 is 41.2. The average Bonchev–Trinajstić information content (AvgIpc) is 3.04. The molecule has 0 aliphatic heterocycles. The molecular weight excluding hydrogens is 367 g/mol. The molecule has 150 valence electrons. The number of fused-ring (bicyclic) bond motifs is 1. The number of halogens is 3. The lowest BCUT2D eigenvalue weighted by Crippen LogP contribution is -2.55. The van der Waals surface area contributed by atoms with E-state index >= 15 is 0 Å². The number of benzene rings is 1. The van der Waals surface area contributed by atoms with Gasteiger partial charge in [0.25, 0.3) is 0 Å². The average molecular weight is 391 g/mol. The summed E-state index contributed by atoms with van der Waals surface area (Å²) in [6.45, 7) is 3.01. The van der Waals surface area contributed by atoms with Crippen LogP contribution in [0.3, 0.4) is 0 Å². The van der Waals surface area contributed by atoms with Gasteiger partial charge in [-0.2, -0.15) is 13.2 Å². The van der Waals surface area contributed by atoms with E-state index in [4.69, 9.17) is 0 Å². The second-order valence-electron chi connectivity index (χ2n) is 7.82. The third kappa shape index (κ3) is 4.36. The van der Waals surface area contributed by atoms with Crippen LogP contribution in [0.4, 0.5) is 13.2 Å². The van der Waals surface area contributed by atoms with Crippen molar-refractivity contribution in [2.45, 2.75) is 44.0 Å². The minimum absolute atomic E-state index is 0.179. The molecule has 3 N–H and O–H groups in total. The summed E-state index contributed by atoms with van der Waals surface area (Å²) in [7, 11) is 0. The summed E-state index contributed by atoms with van der Waals surface area (Å²) in [6.07, 6.45) is -1.89. The maximum absolute atomic E-state index is 13.7. The molecule has 3 aromatic rings. The number of aromatic nitrogens is 2. The number of alkyl halides is 3. The van der Waals surface area contributed by atoms with Crippen LogP contribution in [-0.4, -0.2) is 33.4 Å². The largest absolute Gasteiger partial charge is 0.418 e. The Hall–Kier alpha value is -2.38. The van der Waals surface area contributed by atoms with Crippen molar-refractivity contribution in [3.8, 4) is 0 Å². The number of hydrogen-bond donors (Lipinski definition) is 3. The summed E-state index contributed by atoms with van der Waals surface area (Å²) >= 11 is 0. The predicted molar refractivity (Wildman–Crippen MR) is 103 cm³/mol. The van der Waals surface area contributed by atoms with Gasteiger partial charge in [-0.1, -0.05) is 44.2 Å². The van der Waals surface area contributed by atoms with Crippen LogP contribution in [0.15, 0.2) is 54.9 Å². The van der Waals surface area contributed by atoms with E-state index in [1.807, 2.05) is 18.2 Å². The Kier molecular flexibility index (Phi) is 5.50. The van der Waals surface area contributed by atoms with Gasteiger partial charge >= 0.3 is 6.18 Å². The standard InChI is InChI=1S/C21H24F3N3O/c1-19(2,16-6-4-3-5-7-16)13-20(28,21(22,23)24)14-26-11-17-10-15-8-9-25-12-18(15)27-17/h3-10,12,26-28H,11,13-14H2,1-2H3. The molecule has 0 spiro atoms. The fourth-order valence-electron chi connectivity index (χ4n) is 3.52. The minimum Gasteiger partial charge on any atom is -0.379 e. The van der Waals surface area contributed by atoms with E-state index < -0.39 is 30.2 Å². The van der Waals surface area contributed by atoms with Crippen LogP contribution in [0.2, 0.25) is 0 Å². The molecule has 7 heteroatoms. The Balaban J connectivity index is 1.72. The van der Waals surface area contributed by atoms with Crippen LogP contribution in [0.1, 0.15) is 31.5 Å². The van der Waals surface area contributed by atoms with E-state index in [2.05, 4.69) is 15.3 Å². The van der Waals surface area contributed by atoms with Crippen molar-refractivity contribution in [2.75, 3.05) is 6.54 Å². The topological polar surface area (TPSA) is 60.9 Å². The van der Waals surface area contributed by atoms with E-state index in [0.29, 0.717) is 0 Å². The molecule has 3 rings (SSSR count). The highest BCUT2D eigenvalue weighted by atomic mass is 19.4. The number of nitrogens with one attached hydrogen (secondary N) is 2. The summed E-state index contributed by atoms with van der Waals surface area (Å²) in [5, 5.41) is 14.3. The van der Waals surface area contributed by atoms with Crippen molar-refractivity contribution in [2.24, 2.45) is 0 Å². The van der Waals surface area contributed by atoms with E-state index in [1.54, 1.807) is 50.5 Å². The summed E-state index contributed by atoms with van der Waals surface area (Å²) in [5.41, 5.74) is -1.40. The zero-order chi connectivity index (χ0) is 20.4. The van der Waals surface area contributed by atoms with Gasteiger partial charge < -0.3 is 15.4 Å². The van der Waals surface area contributed by atoms with Gasteiger partial charge in [0, 0.05) is 30.4 Å². The van der Waals surface area contributed by atoms with Crippen LogP contribution >= 0.6 is 0 Å². The SMILES string of the molecule is CC(C)(CC(O)(CNCc1cc2ccncc2[nH]1)C(F)(F)F)c1ccccc1. The van der Waals surface area contributed by atoms with Gasteiger partial charge in [-0.15, -0.1) is 0 Å². The monoisotopic (exact) mass is 391 g/mol. The Morgan fingerprint density at radius 2 is 1.82 bits per heavy atom. The first-order chi connectivity index (χ1) is 13.1. The number of hydrogen-bond acceptors (Lipinski definition) is 3. The van der Waals surface area contributed by atoms with Gasteiger partial charge in [0.15, 0.2) is 5.60 Å². The molecule has 0 saturated heterocycles. The molecule has 0 aliphatic carbocycles. The number of nitrogens with zero attached hydrogens (tertiary/aromatic N) is 1. The molecule has 0 aliphatic rings. The van der Waals surface area contributed by atoms with Crippen LogP contribution in [0.5, 0.6) is 0 Å². The molecule has 1 unspecified atom stereocenters. The first-order valence-corrected chi connectivity index (χ1v) is 9.08. The third-order valence-corrected chi connectivity index (χ3v) is 5.03. The van der Waals surface area contributed by atoms with E-state index in [1.165, 1.54) is 0 Å². The fourth-order valence-corrected chi connectivity index (χ4v) is 3.52. The maximum atomic E-state index is 13.7. The molecule has 2 heterocycles. The number of H-pyrrole nitrogens is 1. The van der Waals surface area contributed by atoms with Crippen molar-refractivity contribution in [3.63, 3.8) is 0 Å². The normalized spacial score (nSPS) is 14.9. The van der Waals surface area contributed by atoms with Gasteiger partial charge in [0.2, 0.25) is 0 Å². The van der Waals surface area contributed by atoms with E-state index in [0.717, 1.165) is 22.2 Å². The van der Waals surface area contributed by atoms with Crippen LogP contribution in [-0.2, 0) is 12.0 Å². The highest BCUT2D eigenvalue weighted by molar-refractivity contribution is 5.79. The van der Waals surface area contributed by atoms with Gasteiger partial charge in [-0.3, -0.25) is 4.98 Å². The van der Waals surface area contributed by atoms with Crippen molar-refractivity contribution >= 4 is 10.9 Å². The number of pyridine rings is 1. The molecular formula is C21H24F3N3O. The van der Waals surface area contributed by atoms with Crippen LogP contribution in [0.25, 0.3) is 10.9 Å². The molecule has 0 radical (unpaired) electrons. The summed E-state index contributed by atoms with van der Waals surface area (Å²) in [6, 6.07) is 12.6. The maximum Gasteiger partial charge on any atom is 0.418 e. The Morgan fingerprint density at radius 1 is 1.11 bits per heavy atom. The first-order valence-electron chi connectivity index (χ1n) is 9.08. The Bertz CT molecular complexity index is 888. The third-order valence-electron chi connectivity index (χ3n) is 5.03. The van der Waals surface area contributed by atoms with E-state index in [9.17, 15) is 18.3 Å². The summed E-state index contributed by atoms with van der Waals surface area (Å²) in [5.74, 6) is 0. The highest BCUT2D eigenvalue weighted by Crippen LogP contribution is 2.40. The molecule has 0 bridgehead atoms. The van der Waals surface area contributed by atoms with Crippen LogP contribution in [0, 0.1) is 0 Å². The second kappa shape index (κ2) is 7.56. The minimum atomic E-state index is -4.75. The molecule has 1 aromatic carbocycles. The lowest BCUT2D eigenvalue weighted by Gasteiger charge is -2.38. The first kappa shape index (κ1) is 20.4. The number of aliphatic hydroxyl groups is 1. The van der Waals surface area contributed by atoms with Gasteiger partial charge in [-0.25, -0.2) is 0 Å². The smallest absolute Gasteiger partial charge is 0.379 e. The van der Waals surface area contributed by atoms with Crippen molar-refractivity contribution in [3.05, 3.63) is 66.1 Å². The molecule has 1 atom stereocenters. The number of rotatable bonds is 7. The van der Waals surface area contributed by atoms with Gasteiger partial charge in [-0.05, 0) is 29.5 Å². The number of aromatic amines is 1. The molecule has 0 saturated carbocycles. The summed E-state index contributed by atoms with van der Waals surface area (Å²) in [4.78, 5) is 7.11. The molecule has 0 amide bonds. The predicted octanol–water partition coefficient (Wildman–Crippen LogP) is 4.31.